The minimum atomic E-state index is -0.438. The van der Waals surface area contributed by atoms with E-state index in [2.05, 4.69) is 4.98 Å². The fourth-order valence-corrected chi connectivity index (χ4v) is 2.13. The van der Waals surface area contributed by atoms with Crippen LogP contribution in [0.3, 0.4) is 0 Å². The summed E-state index contributed by atoms with van der Waals surface area (Å²) in [5, 5.41) is 0. The molecule has 4 heteroatoms. The average Bonchev–Trinajstić information content (AvgIpc) is 2.66. The van der Waals surface area contributed by atoms with Crippen molar-refractivity contribution >= 4 is 5.97 Å². The van der Waals surface area contributed by atoms with Crippen LogP contribution in [0.25, 0.3) is 0 Å². The summed E-state index contributed by atoms with van der Waals surface area (Å²) in [5.41, 5.74) is 0.480. The van der Waals surface area contributed by atoms with E-state index in [0.29, 0.717) is 17.5 Å². The molecule has 1 saturated carbocycles. The van der Waals surface area contributed by atoms with Gasteiger partial charge in [-0.3, -0.25) is 0 Å². The summed E-state index contributed by atoms with van der Waals surface area (Å²) >= 11 is 0. The Hall–Kier alpha value is -1.32. The highest BCUT2D eigenvalue weighted by Gasteiger charge is 2.30. The Bertz CT molecular complexity index is 438. The molecule has 1 heterocycles. The molecule has 0 saturated heterocycles. The van der Waals surface area contributed by atoms with Crippen molar-refractivity contribution in [3.05, 3.63) is 17.3 Å². The summed E-state index contributed by atoms with van der Waals surface area (Å²) in [4.78, 5) is 16.2. The van der Waals surface area contributed by atoms with Crippen LogP contribution in [0.2, 0.25) is 0 Å². The Kier molecular flexibility index (Phi) is 3.46. The number of nitrogens with zero attached hydrogens (tertiary/aromatic N) is 1. The Morgan fingerprint density at radius 1 is 1.44 bits per heavy atom. The van der Waals surface area contributed by atoms with Gasteiger partial charge in [0, 0.05) is 11.8 Å². The number of carbonyl (C=O) groups excluding carboxylic acids is 1. The zero-order valence-electron chi connectivity index (χ0n) is 11.6. The van der Waals surface area contributed by atoms with E-state index in [-0.39, 0.29) is 11.2 Å². The molecule has 1 aliphatic rings. The first-order chi connectivity index (χ1) is 8.41. The van der Waals surface area contributed by atoms with Gasteiger partial charge in [-0.1, -0.05) is 27.2 Å². The highest BCUT2D eigenvalue weighted by atomic mass is 16.5. The van der Waals surface area contributed by atoms with Crippen LogP contribution in [0, 0.1) is 5.92 Å². The van der Waals surface area contributed by atoms with Crippen LogP contribution in [0.1, 0.15) is 62.2 Å². The van der Waals surface area contributed by atoms with Crippen LogP contribution in [0.5, 0.6) is 0 Å². The van der Waals surface area contributed by atoms with Gasteiger partial charge in [0.1, 0.15) is 0 Å². The molecule has 4 nitrogen and oxygen atoms in total. The molecule has 100 valence electrons. The lowest BCUT2D eigenvalue weighted by Crippen LogP contribution is -2.17. The second-order valence-corrected chi connectivity index (χ2v) is 6.03. The van der Waals surface area contributed by atoms with E-state index in [9.17, 15) is 4.79 Å². The van der Waals surface area contributed by atoms with E-state index in [1.165, 1.54) is 26.4 Å². The molecule has 0 aliphatic heterocycles. The van der Waals surface area contributed by atoms with Crippen LogP contribution in [-0.2, 0) is 16.6 Å². The van der Waals surface area contributed by atoms with Crippen LogP contribution in [0.15, 0.2) is 4.42 Å². The summed E-state index contributed by atoms with van der Waals surface area (Å²) in [5.74, 6) is 1.17. The number of methoxy groups -OCH3 is 1. The molecule has 1 aromatic heterocycles. The number of oxazole rings is 1. The predicted molar refractivity (Wildman–Crippen MR) is 67.6 cm³/mol. The van der Waals surface area contributed by atoms with E-state index in [1.807, 2.05) is 20.8 Å². The van der Waals surface area contributed by atoms with Gasteiger partial charge in [0.15, 0.2) is 5.89 Å². The van der Waals surface area contributed by atoms with Crippen molar-refractivity contribution in [2.45, 2.75) is 51.9 Å². The van der Waals surface area contributed by atoms with Gasteiger partial charge in [0.2, 0.25) is 5.76 Å². The highest BCUT2D eigenvalue weighted by molar-refractivity contribution is 5.87. The van der Waals surface area contributed by atoms with Crippen molar-refractivity contribution in [1.82, 2.24) is 4.98 Å². The standard InChI is InChI=1S/C14H21NO3/c1-14(2,3)12-11(13(16)17-4)18-10(15-12)8-9-6-5-7-9/h9H,5-8H2,1-4H3. The monoisotopic (exact) mass is 251 g/mol. The molecule has 1 aliphatic carbocycles. The molecule has 0 bridgehead atoms. The molecular weight excluding hydrogens is 230 g/mol. The molecule has 2 rings (SSSR count). The predicted octanol–water partition coefficient (Wildman–Crippen LogP) is 3.10. The second kappa shape index (κ2) is 4.75. The summed E-state index contributed by atoms with van der Waals surface area (Å²) in [6.07, 6.45) is 4.60. The number of hydrogen-bond donors (Lipinski definition) is 0. The molecule has 0 atom stereocenters. The fourth-order valence-electron chi connectivity index (χ4n) is 2.13. The number of aromatic nitrogens is 1. The van der Waals surface area contributed by atoms with E-state index in [0.717, 1.165) is 6.42 Å². The van der Waals surface area contributed by atoms with Crippen molar-refractivity contribution in [3.63, 3.8) is 0 Å². The molecule has 0 aromatic carbocycles. The van der Waals surface area contributed by atoms with E-state index >= 15 is 0 Å². The van der Waals surface area contributed by atoms with Gasteiger partial charge in [-0.2, -0.15) is 0 Å². The van der Waals surface area contributed by atoms with E-state index < -0.39 is 5.97 Å². The summed E-state index contributed by atoms with van der Waals surface area (Å²) in [6, 6.07) is 0. The van der Waals surface area contributed by atoms with Crippen molar-refractivity contribution in [1.29, 1.82) is 0 Å². The Balaban J connectivity index is 2.27. The van der Waals surface area contributed by atoms with Gasteiger partial charge in [-0.15, -0.1) is 0 Å². The van der Waals surface area contributed by atoms with Gasteiger partial charge in [-0.05, 0) is 18.8 Å². The third-order valence-corrected chi connectivity index (χ3v) is 3.44. The number of ether oxygens (including phenoxy) is 1. The average molecular weight is 251 g/mol. The van der Waals surface area contributed by atoms with Crippen molar-refractivity contribution < 1.29 is 13.9 Å². The van der Waals surface area contributed by atoms with Gasteiger partial charge >= 0.3 is 5.97 Å². The van der Waals surface area contributed by atoms with Crippen LogP contribution in [-0.4, -0.2) is 18.1 Å². The first kappa shape index (κ1) is 13.1. The van der Waals surface area contributed by atoms with E-state index in [4.69, 9.17) is 9.15 Å². The minimum absolute atomic E-state index is 0.217. The lowest BCUT2D eigenvalue weighted by molar-refractivity contribution is 0.0558. The number of esters is 1. The van der Waals surface area contributed by atoms with Gasteiger partial charge in [0.25, 0.3) is 0 Å². The van der Waals surface area contributed by atoms with Gasteiger partial charge in [-0.25, -0.2) is 9.78 Å². The maximum atomic E-state index is 11.7. The third-order valence-electron chi connectivity index (χ3n) is 3.44. The lowest BCUT2D eigenvalue weighted by atomic mass is 9.83. The molecule has 0 N–H and O–H groups in total. The minimum Gasteiger partial charge on any atom is -0.463 e. The fraction of sp³-hybridized carbons (Fsp3) is 0.714. The van der Waals surface area contributed by atoms with Gasteiger partial charge < -0.3 is 9.15 Å². The molecule has 0 spiro atoms. The summed E-state index contributed by atoms with van der Waals surface area (Å²) < 4.78 is 10.4. The van der Waals surface area contributed by atoms with E-state index in [1.54, 1.807) is 0 Å². The molecule has 0 unspecified atom stereocenters. The Labute approximate surface area is 108 Å². The van der Waals surface area contributed by atoms with Crippen LogP contribution < -0.4 is 0 Å². The van der Waals surface area contributed by atoms with Gasteiger partial charge in [0.05, 0.1) is 12.8 Å². The summed E-state index contributed by atoms with van der Waals surface area (Å²) in [6.45, 7) is 6.05. The number of hydrogen-bond acceptors (Lipinski definition) is 4. The molecule has 1 aromatic rings. The van der Waals surface area contributed by atoms with Crippen LogP contribution in [0.4, 0.5) is 0 Å². The Morgan fingerprint density at radius 2 is 2.11 bits per heavy atom. The molecular formula is C14H21NO3. The molecule has 0 radical (unpaired) electrons. The Morgan fingerprint density at radius 3 is 2.56 bits per heavy atom. The molecule has 1 fully saturated rings. The number of rotatable bonds is 3. The zero-order valence-corrected chi connectivity index (χ0v) is 11.6. The molecule has 0 amide bonds. The maximum Gasteiger partial charge on any atom is 0.376 e. The number of carbonyl (C=O) groups is 1. The lowest BCUT2D eigenvalue weighted by Gasteiger charge is -2.23. The largest absolute Gasteiger partial charge is 0.463 e. The summed E-state index contributed by atoms with van der Waals surface area (Å²) in [7, 11) is 1.36. The third kappa shape index (κ3) is 2.57. The quantitative estimate of drug-likeness (QED) is 0.774. The second-order valence-electron chi connectivity index (χ2n) is 6.03. The maximum absolute atomic E-state index is 11.7. The normalized spacial score (nSPS) is 16.4. The van der Waals surface area contributed by atoms with Crippen molar-refractivity contribution in [2.24, 2.45) is 5.92 Å². The first-order valence-corrected chi connectivity index (χ1v) is 6.50. The van der Waals surface area contributed by atoms with Crippen molar-refractivity contribution in [3.8, 4) is 0 Å². The highest BCUT2D eigenvalue weighted by Crippen LogP contribution is 2.32. The zero-order chi connectivity index (χ0) is 13.3. The smallest absolute Gasteiger partial charge is 0.376 e. The molecule has 18 heavy (non-hydrogen) atoms. The topological polar surface area (TPSA) is 52.3 Å². The van der Waals surface area contributed by atoms with Crippen LogP contribution >= 0.6 is 0 Å². The first-order valence-electron chi connectivity index (χ1n) is 6.50. The SMILES string of the molecule is COC(=O)c1oc(CC2CCC2)nc1C(C)(C)C. The van der Waals surface area contributed by atoms with Crippen molar-refractivity contribution in [2.75, 3.05) is 7.11 Å².